The van der Waals surface area contributed by atoms with Crippen LogP contribution in [0.5, 0.6) is 5.75 Å². The van der Waals surface area contributed by atoms with Crippen LogP contribution in [0.15, 0.2) is 81.1 Å². The van der Waals surface area contributed by atoms with Gasteiger partial charge < -0.3 is 14.5 Å². The highest BCUT2D eigenvalue weighted by Gasteiger charge is 2.16. The zero-order valence-corrected chi connectivity index (χ0v) is 19.0. The van der Waals surface area contributed by atoms with Crippen molar-refractivity contribution in [3.63, 3.8) is 0 Å². The summed E-state index contributed by atoms with van der Waals surface area (Å²) in [5, 5.41) is 7.69. The van der Waals surface area contributed by atoms with Gasteiger partial charge in [-0.2, -0.15) is 0 Å². The van der Waals surface area contributed by atoms with Crippen molar-refractivity contribution in [1.29, 1.82) is 0 Å². The molecule has 33 heavy (non-hydrogen) atoms. The lowest BCUT2D eigenvalue weighted by molar-refractivity contribution is -0.111. The number of rotatable bonds is 9. The van der Waals surface area contributed by atoms with Gasteiger partial charge in [-0.25, -0.2) is 26.7 Å². The quantitative estimate of drug-likeness (QED) is 0.387. The second-order valence-corrected chi connectivity index (χ2v) is 10.0. The molecule has 0 aliphatic heterocycles. The summed E-state index contributed by atoms with van der Waals surface area (Å²) >= 11 is 0. The fourth-order valence-corrected chi connectivity index (χ4v) is 4.47. The lowest BCUT2D eigenvalue weighted by Gasteiger charge is -2.09. The normalized spacial score (nSPS) is 12.1. The highest BCUT2D eigenvalue weighted by atomic mass is 32.2. The van der Waals surface area contributed by atoms with Gasteiger partial charge in [0.05, 0.1) is 24.8 Å². The smallest absolute Gasteiger partial charge is 0.248 e. The zero-order chi connectivity index (χ0) is 24.1. The second-order valence-electron chi connectivity index (χ2n) is 6.71. The van der Waals surface area contributed by atoms with E-state index in [4.69, 9.17) is 14.3 Å². The molecular formula is C21H21N3O7S2. The maximum Gasteiger partial charge on any atom is 0.248 e. The molecule has 0 aliphatic carbocycles. The number of furan rings is 1. The van der Waals surface area contributed by atoms with Crippen LogP contribution in [0.1, 0.15) is 11.3 Å². The summed E-state index contributed by atoms with van der Waals surface area (Å²) in [5.74, 6) is 0.00858. The van der Waals surface area contributed by atoms with E-state index in [0.717, 1.165) is 0 Å². The Labute approximate surface area is 191 Å². The minimum absolute atomic E-state index is 0.0235. The Morgan fingerprint density at radius 1 is 1.09 bits per heavy atom. The van der Waals surface area contributed by atoms with E-state index >= 15 is 0 Å². The number of hydrogen-bond acceptors (Lipinski definition) is 7. The molecule has 0 aliphatic rings. The van der Waals surface area contributed by atoms with E-state index < -0.39 is 26.0 Å². The van der Waals surface area contributed by atoms with Crippen LogP contribution in [-0.2, 0) is 31.4 Å². The van der Waals surface area contributed by atoms with Crippen LogP contribution in [0.4, 0.5) is 5.69 Å². The first-order chi connectivity index (χ1) is 15.6. The van der Waals surface area contributed by atoms with E-state index in [9.17, 15) is 21.6 Å². The van der Waals surface area contributed by atoms with Crippen molar-refractivity contribution in [2.24, 2.45) is 5.14 Å². The molecule has 1 aromatic heterocycles. The van der Waals surface area contributed by atoms with Crippen molar-refractivity contribution in [2.45, 2.75) is 16.3 Å². The van der Waals surface area contributed by atoms with Gasteiger partial charge >= 0.3 is 0 Å². The molecule has 174 valence electrons. The standard InChI is InChI=1S/C21H21N3O7S2/c1-30-19-10-7-16(13-20(19)32(22,26)27)24-21(25)11-6-15-4-8-18(9-5-15)33(28,29)23-14-17-3-2-12-31-17/h2-13,23H,14H2,1H3,(H,24,25)(H2,22,26,27)/b11-6+. The molecule has 2 aromatic carbocycles. The molecule has 10 nitrogen and oxygen atoms in total. The Morgan fingerprint density at radius 2 is 1.82 bits per heavy atom. The monoisotopic (exact) mass is 491 g/mol. The van der Waals surface area contributed by atoms with Crippen LogP contribution in [0, 0.1) is 0 Å². The maximum atomic E-state index is 12.4. The molecule has 0 atom stereocenters. The molecule has 0 saturated heterocycles. The number of primary sulfonamides is 1. The van der Waals surface area contributed by atoms with E-state index in [-0.39, 0.29) is 27.8 Å². The molecule has 3 aromatic rings. The first-order valence-electron chi connectivity index (χ1n) is 9.40. The van der Waals surface area contributed by atoms with Crippen molar-refractivity contribution < 1.29 is 30.8 Å². The van der Waals surface area contributed by atoms with Crippen molar-refractivity contribution in [3.8, 4) is 5.75 Å². The number of carbonyl (C=O) groups excluding carboxylic acids is 1. The molecule has 0 unspecified atom stereocenters. The van der Waals surface area contributed by atoms with E-state index in [1.165, 1.54) is 68.0 Å². The Morgan fingerprint density at radius 3 is 2.42 bits per heavy atom. The predicted molar refractivity (Wildman–Crippen MR) is 121 cm³/mol. The summed E-state index contributed by atoms with van der Waals surface area (Å²) in [7, 11) is -6.47. The number of nitrogens with one attached hydrogen (secondary N) is 2. The van der Waals surface area contributed by atoms with E-state index in [0.29, 0.717) is 11.3 Å². The summed E-state index contributed by atoms with van der Waals surface area (Å²) in [4.78, 5) is 12.0. The Bertz CT molecular complexity index is 1360. The van der Waals surface area contributed by atoms with E-state index in [1.807, 2.05) is 0 Å². The lowest BCUT2D eigenvalue weighted by Crippen LogP contribution is -2.22. The Hall–Kier alpha value is -3.45. The largest absolute Gasteiger partial charge is 0.495 e. The molecule has 0 fully saturated rings. The van der Waals surface area contributed by atoms with E-state index in [2.05, 4.69) is 10.0 Å². The Kier molecular flexibility index (Phi) is 7.33. The number of sulfonamides is 2. The average Bonchev–Trinajstić information content (AvgIpc) is 3.30. The maximum absolute atomic E-state index is 12.4. The third-order valence-electron chi connectivity index (χ3n) is 4.37. The molecule has 1 amide bonds. The number of carbonyl (C=O) groups is 1. The summed E-state index contributed by atoms with van der Waals surface area (Å²) < 4.78 is 60.6. The molecule has 12 heteroatoms. The van der Waals surface area contributed by atoms with Crippen molar-refractivity contribution in [3.05, 3.63) is 78.3 Å². The first-order valence-corrected chi connectivity index (χ1v) is 12.4. The van der Waals surface area contributed by atoms with Gasteiger partial charge in [-0.3, -0.25) is 4.79 Å². The van der Waals surface area contributed by atoms with Crippen LogP contribution in [0.25, 0.3) is 6.08 Å². The summed E-state index contributed by atoms with van der Waals surface area (Å²) in [6.07, 6.45) is 4.15. The molecule has 0 radical (unpaired) electrons. The molecule has 3 rings (SSSR count). The topological polar surface area (TPSA) is 158 Å². The van der Waals surface area contributed by atoms with Crippen LogP contribution in [0.3, 0.4) is 0 Å². The van der Waals surface area contributed by atoms with Gasteiger partial charge in [0, 0.05) is 11.8 Å². The molecule has 0 bridgehead atoms. The summed E-state index contributed by atoms with van der Waals surface area (Å²) in [5.41, 5.74) is 0.786. The number of benzene rings is 2. The fraction of sp³-hybridized carbons (Fsp3) is 0.0952. The third-order valence-corrected chi connectivity index (χ3v) is 6.72. The molecule has 1 heterocycles. The highest BCUT2D eigenvalue weighted by Crippen LogP contribution is 2.26. The van der Waals surface area contributed by atoms with E-state index in [1.54, 1.807) is 12.1 Å². The number of amides is 1. The van der Waals surface area contributed by atoms with Crippen LogP contribution in [0.2, 0.25) is 0 Å². The van der Waals surface area contributed by atoms with Gasteiger partial charge in [-0.05, 0) is 54.1 Å². The Balaban J connectivity index is 1.64. The van der Waals surface area contributed by atoms with Crippen LogP contribution in [-0.4, -0.2) is 29.9 Å². The number of methoxy groups -OCH3 is 1. The number of hydrogen-bond donors (Lipinski definition) is 3. The number of nitrogens with two attached hydrogens (primary N) is 1. The third kappa shape index (κ3) is 6.52. The lowest BCUT2D eigenvalue weighted by atomic mass is 10.2. The number of ether oxygens (including phenoxy) is 1. The highest BCUT2D eigenvalue weighted by molar-refractivity contribution is 7.89. The molecule has 4 N–H and O–H groups in total. The van der Waals surface area contributed by atoms with Gasteiger partial charge in [-0.1, -0.05) is 12.1 Å². The average molecular weight is 492 g/mol. The minimum Gasteiger partial charge on any atom is -0.495 e. The number of anilines is 1. The first kappa shape index (κ1) is 24.2. The molecule has 0 saturated carbocycles. The van der Waals surface area contributed by atoms with Gasteiger partial charge in [0.15, 0.2) is 0 Å². The van der Waals surface area contributed by atoms with Crippen molar-refractivity contribution in [2.75, 3.05) is 12.4 Å². The molecule has 0 spiro atoms. The van der Waals surface area contributed by atoms with Gasteiger partial charge in [0.2, 0.25) is 26.0 Å². The summed E-state index contributed by atoms with van der Waals surface area (Å²) in [6, 6.07) is 13.2. The second kappa shape index (κ2) is 10.0. The van der Waals surface area contributed by atoms with Crippen LogP contribution >= 0.6 is 0 Å². The van der Waals surface area contributed by atoms with Gasteiger partial charge in [0.1, 0.15) is 16.4 Å². The zero-order valence-electron chi connectivity index (χ0n) is 17.4. The summed E-state index contributed by atoms with van der Waals surface area (Å²) in [6.45, 7) is 0.0235. The minimum atomic E-state index is -4.05. The van der Waals surface area contributed by atoms with Crippen molar-refractivity contribution in [1.82, 2.24) is 4.72 Å². The SMILES string of the molecule is COc1ccc(NC(=O)/C=C/c2ccc(S(=O)(=O)NCc3ccco3)cc2)cc1S(N)(=O)=O. The predicted octanol–water partition coefficient (Wildman–Crippen LogP) is 2.07. The van der Waals surface area contributed by atoms with Crippen LogP contribution < -0.4 is 19.9 Å². The van der Waals surface area contributed by atoms with Crippen molar-refractivity contribution >= 4 is 37.7 Å². The fourth-order valence-electron chi connectivity index (χ4n) is 2.75. The molecular weight excluding hydrogens is 470 g/mol. The van der Waals surface area contributed by atoms with Gasteiger partial charge in [0.25, 0.3) is 0 Å². The van der Waals surface area contributed by atoms with Gasteiger partial charge in [-0.15, -0.1) is 0 Å².